The molecule has 1 saturated carbocycles. The molecule has 2 fully saturated rings. The number of aryl methyl sites for hydroxylation is 1. The lowest BCUT2D eigenvalue weighted by Gasteiger charge is -2.30. The molecule has 0 radical (unpaired) electrons. The van der Waals surface area contributed by atoms with Crippen molar-refractivity contribution in [3.63, 3.8) is 0 Å². The molecule has 3 aliphatic rings. The molecule has 2 unspecified atom stereocenters. The molecule has 3 amide bonds. The molecule has 1 heterocycles. The highest BCUT2D eigenvalue weighted by molar-refractivity contribution is 6.06. The Kier molecular flexibility index (Phi) is 5.16. The highest BCUT2D eigenvalue weighted by atomic mass is 16.6. The summed E-state index contributed by atoms with van der Waals surface area (Å²) in [5.74, 6) is -0.317. The topological polar surface area (TPSA) is 90.7 Å². The van der Waals surface area contributed by atoms with E-state index in [0.29, 0.717) is 36.4 Å². The predicted molar refractivity (Wildman–Crippen MR) is 119 cm³/mol. The second-order valence-corrected chi connectivity index (χ2v) is 9.16. The van der Waals surface area contributed by atoms with Crippen LogP contribution in [0.3, 0.4) is 0 Å². The van der Waals surface area contributed by atoms with Gasteiger partial charge in [0.25, 0.3) is 5.91 Å². The van der Waals surface area contributed by atoms with Gasteiger partial charge in [0.05, 0.1) is 11.6 Å². The molecule has 33 heavy (non-hydrogen) atoms. The maximum absolute atomic E-state index is 13.4. The first kappa shape index (κ1) is 21.2. The van der Waals surface area contributed by atoms with E-state index in [2.05, 4.69) is 6.07 Å². The van der Waals surface area contributed by atoms with E-state index < -0.39 is 17.6 Å². The monoisotopic (exact) mass is 443 g/mol. The maximum atomic E-state index is 13.4. The number of nitrogens with zero attached hydrogens (tertiary/aromatic N) is 3. The second-order valence-electron chi connectivity index (χ2n) is 9.16. The van der Waals surface area contributed by atoms with Crippen molar-refractivity contribution in [2.75, 3.05) is 6.54 Å². The number of amides is 3. The lowest BCUT2D eigenvalue weighted by atomic mass is 9.94. The molecule has 2 aromatic carbocycles. The Morgan fingerprint density at radius 3 is 2.70 bits per heavy atom. The van der Waals surface area contributed by atoms with Crippen LogP contribution in [0, 0.1) is 17.2 Å². The van der Waals surface area contributed by atoms with Crippen molar-refractivity contribution in [3.8, 4) is 6.07 Å². The van der Waals surface area contributed by atoms with Gasteiger partial charge in [0.1, 0.15) is 6.54 Å². The molecule has 0 N–H and O–H groups in total. The number of nitriles is 1. The van der Waals surface area contributed by atoms with E-state index in [9.17, 15) is 14.4 Å². The summed E-state index contributed by atoms with van der Waals surface area (Å²) in [4.78, 5) is 42.3. The number of fused-ring (bicyclic) bond motifs is 2. The quantitative estimate of drug-likeness (QED) is 0.682. The van der Waals surface area contributed by atoms with Crippen LogP contribution in [0.5, 0.6) is 0 Å². The van der Waals surface area contributed by atoms with Gasteiger partial charge in [0, 0.05) is 24.6 Å². The van der Waals surface area contributed by atoms with Crippen molar-refractivity contribution in [1.82, 2.24) is 9.80 Å². The van der Waals surface area contributed by atoms with Gasteiger partial charge in [-0.2, -0.15) is 5.26 Å². The van der Waals surface area contributed by atoms with Gasteiger partial charge in [-0.25, -0.2) is 9.69 Å². The Hall–Kier alpha value is -3.66. The first-order valence-corrected chi connectivity index (χ1v) is 11.3. The minimum Gasteiger partial charge on any atom is -0.427 e. The third kappa shape index (κ3) is 3.66. The Morgan fingerprint density at radius 2 is 2.00 bits per heavy atom. The van der Waals surface area contributed by atoms with Crippen LogP contribution in [-0.2, 0) is 32.9 Å². The molecule has 2 aliphatic carbocycles. The van der Waals surface area contributed by atoms with Crippen molar-refractivity contribution in [3.05, 3.63) is 70.8 Å². The molecule has 7 heteroatoms. The lowest BCUT2D eigenvalue weighted by molar-refractivity contribution is -0.143. The maximum Gasteiger partial charge on any atom is 0.418 e. The fourth-order valence-corrected chi connectivity index (χ4v) is 5.02. The summed E-state index contributed by atoms with van der Waals surface area (Å²) < 4.78 is 5.64. The van der Waals surface area contributed by atoms with Gasteiger partial charge in [-0.15, -0.1) is 0 Å². The molecular formula is C26H25N3O4. The number of ether oxygens (including phenoxy) is 1. The van der Waals surface area contributed by atoms with Gasteiger partial charge in [-0.1, -0.05) is 36.4 Å². The first-order valence-electron chi connectivity index (χ1n) is 11.3. The molecule has 1 aliphatic heterocycles. The summed E-state index contributed by atoms with van der Waals surface area (Å²) in [7, 11) is 0. The molecule has 1 saturated heterocycles. The summed E-state index contributed by atoms with van der Waals surface area (Å²) in [6, 6.07) is 16.9. The van der Waals surface area contributed by atoms with E-state index >= 15 is 0 Å². The average Bonchev–Trinajstić information content (AvgIpc) is 3.58. The highest BCUT2D eigenvalue weighted by Gasteiger charge is 2.58. The Morgan fingerprint density at radius 1 is 1.24 bits per heavy atom. The van der Waals surface area contributed by atoms with E-state index in [1.54, 1.807) is 23.1 Å². The summed E-state index contributed by atoms with van der Waals surface area (Å²) in [6.07, 6.45) is 2.22. The summed E-state index contributed by atoms with van der Waals surface area (Å²) in [6.45, 7) is 2.12. The number of carbonyl (C=O) groups excluding carboxylic acids is 3. The number of carbonyl (C=O) groups is 3. The van der Waals surface area contributed by atoms with Crippen molar-refractivity contribution in [2.45, 2.75) is 50.8 Å². The minimum atomic E-state index is -1.40. The van der Waals surface area contributed by atoms with Crippen LogP contribution in [-0.4, -0.2) is 40.3 Å². The standard InChI is InChI=1S/C26H25N3O4/c1-17(20-8-9-20)28(15-18-5-3-2-4-6-18)23(30)16-29-24(31)26(33-25(29)32)12-11-21-13-19(14-27)7-10-22(21)26/h2-7,10,13,17,20H,8-9,11-12,15-16H2,1H3. The fourth-order valence-electron chi connectivity index (χ4n) is 5.02. The molecular weight excluding hydrogens is 418 g/mol. The van der Waals surface area contributed by atoms with Gasteiger partial charge >= 0.3 is 6.09 Å². The van der Waals surface area contributed by atoms with Crippen LogP contribution < -0.4 is 0 Å². The summed E-state index contributed by atoms with van der Waals surface area (Å²) >= 11 is 0. The Bertz CT molecular complexity index is 1170. The number of benzene rings is 2. The normalized spacial score (nSPS) is 22.1. The van der Waals surface area contributed by atoms with Crippen LogP contribution >= 0.6 is 0 Å². The Labute approximate surface area is 192 Å². The van der Waals surface area contributed by atoms with Crippen LogP contribution in [0.25, 0.3) is 0 Å². The van der Waals surface area contributed by atoms with Crippen molar-refractivity contribution >= 4 is 17.9 Å². The van der Waals surface area contributed by atoms with Gasteiger partial charge in [-0.05, 0) is 55.4 Å². The van der Waals surface area contributed by atoms with Crippen LogP contribution in [0.4, 0.5) is 4.79 Å². The third-order valence-electron chi connectivity index (χ3n) is 7.09. The van der Waals surface area contributed by atoms with Gasteiger partial charge in [-0.3, -0.25) is 9.59 Å². The van der Waals surface area contributed by atoms with E-state index in [0.717, 1.165) is 28.9 Å². The predicted octanol–water partition coefficient (Wildman–Crippen LogP) is 3.51. The first-order chi connectivity index (χ1) is 15.9. The van der Waals surface area contributed by atoms with E-state index in [1.807, 2.05) is 37.3 Å². The SMILES string of the molecule is CC(C1CC1)N(Cc1ccccc1)C(=O)CN1C(=O)OC2(CCc3cc(C#N)ccc32)C1=O. The fraction of sp³-hybridized carbons (Fsp3) is 0.385. The van der Waals surface area contributed by atoms with Gasteiger partial charge < -0.3 is 9.64 Å². The van der Waals surface area contributed by atoms with Gasteiger partial charge in [0.2, 0.25) is 11.5 Å². The lowest BCUT2D eigenvalue weighted by Crippen LogP contribution is -2.47. The molecule has 1 spiro atoms. The second kappa shape index (κ2) is 8.04. The van der Waals surface area contributed by atoms with E-state index in [1.165, 1.54) is 0 Å². The summed E-state index contributed by atoms with van der Waals surface area (Å²) in [5, 5.41) is 9.15. The molecule has 0 bridgehead atoms. The highest BCUT2D eigenvalue weighted by Crippen LogP contribution is 2.45. The number of hydrogen-bond acceptors (Lipinski definition) is 5. The van der Waals surface area contributed by atoms with E-state index in [-0.39, 0.29) is 18.5 Å². The zero-order valence-corrected chi connectivity index (χ0v) is 18.5. The van der Waals surface area contributed by atoms with Crippen molar-refractivity contribution in [1.29, 1.82) is 5.26 Å². The zero-order valence-electron chi connectivity index (χ0n) is 18.5. The largest absolute Gasteiger partial charge is 0.427 e. The third-order valence-corrected chi connectivity index (χ3v) is 7.09. The van der Waals surface area contributed by atoms with Crippen LogP contribution in [0.1, 0.15) is 48.4 Å². The molecule has 2 aromatic rings. The van der Waals surface area contributed by atoms with Gasteiger partial charge in [0.15, 0.2) is 0 Å². The Balaban J connectivity index is 1.37. The smallest absolute Gasteiger partial charge is 0.418 e. The van der Waals surface area contributed by atoms with Crippen molar-refractivity contribution in [2.24, 2.45) is 5.92 Å². The van der Waals surface area contributed by atoms with Crippen LogP contribution in [0.15, 0.2) is 48.5 Å². The minimum absolute atomic E-state index is 0.0250. The molecule has 168 valence electrons. The molecule has 5 rings (SSSR count). The number of rotatable bonds is 6. The molecule has 2 atom stereocenters. The zero-order chi connectivity index (χ0) is 23.2. The number of imide groups is 1. The number of hydrogen-bond donors (Lipinski definition) is 0. The average molecular weight is 444 g/mol. The molecule has 7 nitrogen and oxygen atoms in total. The van der Waals surface area contributed by atoms with E-state index in [4.69, 9.17) is 10.00 Å². The molecule has 0 aromatic heterocycles. The van der Waals surface area contributed by atoms with Crippen LogP contribution in [0.2, 0.25) is 0 Å². The van der Waals surface area contributed by atoms with Crippen molar-refractivity contribution < 1.29 is 19.1 Å². The summed E-state index contributed by atoms with van der Waals surface area (Å²) in [5.41, 5.74) is 1.55.